The molecule has 2 heterocycles. The molecule has 5 nitrogen and oxygen atoms in total. The zero-order chi connectivity index (χ0) is 14.3. The Kier molecular flexibility index (Phi) is 3.29. The number of rotatable bonds is 4. The monoisotopic (exact) mass is 345 g/mol. The van der Waals surface area contributed by atoms with Crippen molar-refractivity contribution in [2.24, 2.45) is 0 Å². The van der Waals surface area contributed by atoms with Crippen molar-refractivity contribution >= 4 is 26.8 Å². The van der Waals surface area contributed by atoms with Gasteiger partial charge in [-0.3, -0.25) is 4.79 Å². The molecule has 3 rings (SSSR count). The first-order chi connectivity index (χ1) is 9.49. The van der Waals surface area contributed by atoms with Gasteiger partial charge >= 0.3 is 0 Å². The van der Waals surface area contributed by atoms with Gasteiger partial charge in [-0.05, 0) is 15.9 Å². The van der Waals surface area contributed by atoms with Gasteiger partial charge in [-0.2, -0.15) is 0 Å². The Morgan fingerprint density at radius 3 is 3.00 bits per heavy atom. The highest BCUT2D eigenvalue weighted by Gasteiger charge is 2.58. The van der Waals surface area contributed by atoms with Crippen LogP contribution >= 0.6 is 15.9 Å². The predicted molar refractivity (Wildman–Crippen MR) is 70.8 cm³/mol. The second-order valence-corrected chi connectivity index (χ2v) is 5.44. The van der Waals surface area contributed by atoms with E-state index in [1.54, 1.807) is 6.20 Å². The van der Waals surface area contributed by atoms with Gasteiger partial charge in [0.25, 0.3) is 11.5 Å². The number of pyridine rings is 1. The van der Waals surface area contributed by atoms with Gasteiger partial charge in [0, 0.05) is 25.4 Å². The molecule has 0 aromatic carbocycles. The Morgan fingerprint density at radius 2 is 2.30 bits per heavy atom. The summed E-state index contributed by atoms with van der Waals surface area (Å²) in [6.45, 7) is 0.265. The maximum absolute atomic E-state index is 12.7. The molecule has 0 bridgehead atoms. The van der Waals surface area contributed by atoms with E-state index < -0.39 is 12.0 Å². The number of ether oxygens (including phenoxy) is 1. The smallest absolute Gasteiger partial charge is 0.276 e. The van der Waals surface area contributed by atoms with E-state index in [1.165, 1.54) is 17.1 Å². The van der Waals surface area contributed by atoms with Crippen LogP contribution in [-0.4, -0.2) is 33.2 Å². The molecule has 1 unspecified atom stereocenters. The van der Waals surface area contributed by atoms with Gasteiger partial charge in [-0.1, -0.05) is 0 Å². The summed E-state index contributed by atoms with van der Waals surface area (Å²) in [6.07, 6.45) is 3.12. The molecule has 2 aromatic heterocycles. The molecule has 1 fully saturated rings. The lowest BCUT2D eigenvalue weighted by molar-refractivity contribution is 0.0105. The highest BCUT2D eigenvalue weighted by molar-refractivity contribution is 9.10. The molecule has 1 saturated carbocycles. The van der Waals surface area contributed by atoms with Crippen molar-refractivity contribution in [3.05, 3.63) is 33.5 Å². The quantitative estimate of drug-likeness (QED) is 0.850. The minimum absolute atomic E-state index is 0.0613. The average molecular weight is 346 g/mol. The number of fused-ring (bicyclic) bond motifs is 1. The van der Waals surface area contributed by atoms with Crippen LogP contribution < -0.4 is 5.56 Å². The first-order valence-electron chi connectivity index (χ1n) is 5.97. The summed E-state index contributed by atoms with van der Waals surface area (Å²) in [5, 5.41) is 0.374. The van der Waals surface area contributed by atoms with Gasteiger partial charge in [0.1, 0.15) is 12.4 Å². The van der Waals surface area contributed by atoms with Gasteiger partial charge in [-0.15, -0.1) is 0 Å². The molecule has 20 heavy (non-hydrogen) atoms. The van der Waals surface area contributed by atoms with Crippen molar-refractivity contribution < 1.29 is 13.5 Å². The third-order valence-corrected chi connectivity index (χ3v) is 3.70. The third kappa shape index (κ3) is 2.45. The molecule has 0 N–H and O–H groups in total. The maximum Gasteiger partial charge on any atom is 0.276 e. The number of hydrogen-bond donors (Lipinski definition) is 0. The van der Waals surface area contributed by atoms with Crippen LogP contribution in [0.3, 0.4) is 0 Å². The van der Waals surface area contributed by atoms with Crippen molar-refractivity contribution in [2.75, 3.05) is 6.61 Å². The standard InChI is InChI=1S/C12H10BrF2N3O2/c13-8-5-18(1-2-20-9-3-12(9,14)15)11(19)7-4-16-6-17-10(7)8/h4-6,9H,1-3H2. The summed E-state index contributed by atoms with van der Waals surface area (Å²) < 4.78 is 32.4. The van der Waals surface area contributed by atoms with Gasteiger partial charge < -0.3 is 9.30 Å². The molecule has 0 spiro atoms. The summed E-state index contributed by atoms with van der Waals surface area (Å²) in [5.41, 5.74) is 0.255. The van der Waals surface area contributed by atoms with Crippen LogP contribution in [-0.2, 0) is 11.3 Å². The summed E-state index contributed by atoms with van der Waals surface area (Å²) in [5.74, 6) is -2.71. The van der Waals surface area contributed by atoms with Crippen LogP contribution in [0, 0.1) is 0 Å². The van der Waals surface area contributed by atoms with Crippen LogP contribution in [0.1, 0.15) is 6.42 Å². The summed E-state index contributed by atoms with van der Waals surface area (Å²) in [4.78, 5) is 20.0. The van der Waals surface area contributed by atoms with Gasteiger partial charge in [0.05, 0.1) is 22.0 Å². The van der Waals surface area contributed by atoms with E-state index in [0.717, 1.165) is 0 Å². The molecule has 1 atom stereocenters. The van der Waals surface area contributed by atoms with E-state index >= 15 is 0 Å². The minimum Gasteiger partial charge on any atom is -0.370 e. The Morgan fingerprint density at radius 1 is 1.55 bits per heavy atom. The topological polar surface area (TPSA) is 57.0 Å². The first-order valence-corrected chi connectivity index (χ1v) is 6.76. The lowest BCUT2D eigenvalue weighted by Crippen LogP contribution is -2.23. The summed E-state index contributed by atoms with van der Waals surface area (Å²) in [6, 6.07) is 0. The normalized spacial score (nSPS) is 20.2. The van der Waals surface area contributed by atoms with Crippen LogP contribution in [0.2, 0.25) is 0 Å². The SMILES string of the molecule is O=c1c2cncnc2c(Br)cn1CCOC1CC1(F)F. The lowest BCUT2D eigenvalue weighted by Gasteiger charge is -2.08. The Hall–Kier alpha value is -1.41. The fourth-order valence-electron chi connectivity index (χ4n) is 1.92. The van der Waals surface area contributed by atoms with Gasteiger partial charge in [-0.25, -0.2) is 18.7 Å². The second kappa shape index (κ2) is 4.85. The highest BCUT2D eigenvalue weighted by atomic mass is 79.9. The molecule has 0 aliphatic heterocycles. The number of aromatic nitrogens is 3. The first kappa shape index (κ1) is 13.6. The van der Waals surface area contributed by atoms with E-state index in [0.29, 0.717) is 15.4 Å². The molecular weight excluding hydrogens is 336 g/mol. The van der Waals surface area contributed by atoms with E-state index in [9.17, 15) is 13.6 Å². The summed E-state index contributed by atoms with van der Waals surface area (Å²) >= 11 is 3.32. The number of nitrogens with zero attached hydrogens (tertiary/aromatic N) is 3. The van der Waals surface area contributed by atoms with E-state index in [-0.39, 0.29) is 25.1 Å². The maximum atomic E-state index is 12.7. The minimum atomic E-state index is -2.71. The number of halogens is 3. The van der Waals surface area contributed by atoms with Gasteiger partial charge in [0.2, 0.25) is 0 Å². The zero-order valence-corrected chi connectivity index (χ0v) is 11.8. The third-order valence-electron chi connectivity index (χ3n) is 3.12. The van der Waals surface area contributed by atoms with E-state index in [4.69, 9.17) is 4.74 Å². The molecule has 0 amide bonds. The zero-order valence-electron chi connectivity index (χ0n) is 10.2. The van der Waals surface area contributed by atoms with Crippen molar-refractivity contribution in [1.29, 1.82) is 0 Å². The van der Waals surface area contributed by atoms with Crippen molar-refractivity contribution in [1.82, 2.24) is 14.5 Å². The Bertz CT molecular complexity index is 719. The van der Waals surface area contributed by atoms with Crippen LogP contribution in [0.5, 0.6) is 0 Å². The Balaban J connectivity index is 1.78. The molecule has 2 aromatic rings. The number of hydrogen-bond acceptors (Lipinski definition) is 4. The average Bonchev–Trinajstić information content (AvgIpc) is 3.03. The lowest BCUT2D eigenvalue weighted by atomic mass is 10.3. The fourth-order valence-corrected chi connectivity index (χ4v) is 2.48. The van der Waals surface area contributed by atoms with Gasteiger partial charge in [0.15, 0.2) is 0 Å². The summed E-state index contributed by atoms with van der Waals surface area (Å²) in [7, 11) is 0. The fraction of sp³-hybridized carbons (Fsp3) is 0.417. The van der Waals surface area contributed by atoms with E-state index in [1.807, 2.05) is 0 Å². The molecule has 1 aliphatic carbocycles. The van der Waals surface area contributed by atoms with Crippen LogP contribution in [0.15, 0.2) is 28.0 Å². The van der Waals surface area contributed by atoms with Crippen LogP contribution in [0.25, 0.3) is 10.9 Å². The number of alkyl halides is 2. The van der Waals surface area contributed by atoms with Crippen LogP contribution in [0.4, 0.5) is 8.78 Å². The molecule has 8 heteroatoms. The van der Waals surface area contributed by atoms with Crippen molar-refractivity contribution in [3.8, 4) is 0 Å². The predicted octanol–water partition coefficient (Wildman–Crippen LogP) is 1.98. The van der Waals surface area contributed by atoms with Crippen molar-refractivity contribution in [3.63, 3.8) is 0 Å². The molecule has 0 radical (unpaired) electrons. The molecule has 1 aliphatic rings. The Labute approximate surface area is 120 Å². The largest absolute Gasteiger partial charge is 0.370 e. The molecule has 106 valence electrons. The second-order valence-electron chi connectivity index (χ2n) is 4.59. The molecular formula is C12H10BrF2N3O2. The molecule has 0 saturated heterocycles. The van der Waals surface area contributed by atoms with Crippen molar-refractivity contribution in [2.45, 2.75) is 25.0 Å². The highest BCUT2D eigenvalue weighted by Crippen LogP contribution is 2.44. The van der Waals surface area contributed by atoms with E-state index in [2.05, 4.69) is 25.9 Å².